The van der Waals surface area contributed by atoms with Crippen molar-refractivity contribution in [2.75, 3.05) is 11.5 Å². The number of rotatable bonds is 8. The van der Waals surface area contributed by atoms with Gasteiger partial charge < -0.3 is 5.11 Å². The highest BCUT2D eigenvalue weighted by Gasteiger charge is 2.29. The molecule has 1 saturated carbocycles. The van der Waals surface area contributed by atoms with Crippen molar-refractivity contribution in [3.8, 4) is 5.75 Å². The van der Waals surface area contributed by atoms with Gasteiger partial charge in [0.1, 0.15) is 5.75 Å². The van der Waals surface area contributed by atoms with Crippen molar-refractivity contribution in [3.63, 3.8) is 0 Å². The fraction of sp³-hybridized carbons (Fsp3) is 0.708. The number of nitrogens with zero attached hydrogens (tertiary/aromatic N) is 2. The monoisotopic (exact) mass is 624 g/mol. The van der Waals surface area contributed by atoms with Crippen LogP contribution in [-0.4, -0.2) is 43.8 Å². The number of aryl methyl sites for hydroxylation is 1. The minimum absolute atomic E-state index is 0.0871. The van der Waals surface area contributed by atoms with Crippen molar-refractivity contribution >= 4 is 51.4 Å². The molecule has 0 saturated heterocycles. The molecule has 0 bridgehead atoms. The predicted octanol–water partition coefficient (Wildman–Crippen LogP) is 6.89. The molecule has 1 aromatic carbocycles. The van der Waals surface area contributed by atoms with Gasteiger partial charge in [-0.05, 0) is 67.5 Å². The molecule has 5 heteroatoms. The summed E-state index contributed by atoms with van der Waals surface area (Å²) < 4.78 is 1.69. The molecular formula is C24H38I2N2O. The van der Waals surface area contributed by atoms with Crippen molar-refractivity contribution in [3.05, 3.63) is 28.8 Å². The zero-order valence-electron chi connectivity index (χ0n) is 18.7. The minimum atomic E-state index is -0.0871. The van der Waals surface area contributed by atoms with Gasteiger partial charge in [0.25, 0.3) is 0 Å². The van der Waals surface area contributed by atoms with Crippen LogP contribution in [0.5, 0.6) is 5.75 Å². The quantitative estimate of drug-likeness (QED) is 0.113. The van der Waals surface area contributed by atoms with Crippen LogP contribution in [0, 0.1) is 0 Å². The summed E-state index contributed by atoms with van der Waals surface area (Å²) in [6.45, 7) is 8.76. The topological polar surface area (TPSA) is 35.8 Å². The Labute approximate surface area is 205 Å². The first-order chi connectivity index (χ1) is 13.6. The Hall–Kier alpha value is 0.110. The van der Waals surface area contributed by atoms with E-state index in [-0.39, 0.29) is 5.41 Å². The summed E-state index contributed by atoms with van der Waals surface area (Å²) in [5.41, 5.74) is 3.15. The molecule has 0 heterocycles. The summed E-state index contributed by atoms with van der Waals surface area (Å²) in [4.78, 5) is 7.49. The number of phenolic OH excluding ortho intramolecular Hbond substituents is 1. The van der Waals surface area contributed by atoms with Gasteiger partial charge in [0, 0.05) is 23.4 Å². The van der Waals surface area contributed by atoms with E-state index in [2.05, 4.69) is 97.0 Å². The molecule has 3 unspecified atom stereocenters. The van der Waals surface area contributed by atoms with Crippen molar-refractivity contribution in [2.45, 2.75) is 94.2 Å². The lowest BCUT2D eigenvalue weighted by Crippen LogP contribution is -2.44. The average molecular weight is 624 g/mol. The van der Waals surface area contributed by atoms with Gasteiger partial charge in [-0.1, -0.05) is 84.9 Å². The highest BCUT2D eigenvalue weighted by Crippen LogP contribution is 2.35. The summed E-state index contributed by atoms with van der Waals surface area (Å²) in [5, 5.41) is 11.0. The molecule has 0 aliphatic heterocycles. The maximum absolute atomic E-state index is 11.0. The van der Waals surface area contributed by atoms with Gasteiger partial charge in [-0.15, -0.1) is 0 Å². The third-order valence-corrected chi connectivity index (χ3v) is 7.68. The predicted molar refractivity (Wildman–Crippen MR) is 144 cm³/mol. The largest absolute Gasteiger partial charge is 0.507 e. The molecule has 1 aliphatic carbocycles. The Kier molecular flexibility index (Phi) is 10.2. The highest BCUT2D eigenvalue weighted by molar-refractivity contribution is 14.1. The first-order valence-electron chi connectivity index (χ1n) is 11.0. The van der Waals surface area contributed by atoms with Crippen molar-refractivity contribution in [2.24, 2.45) is 4.99 Å². The molecule has 0 radical (unpaired) electrons. The maximum atomic E-state index is 11.0. The van der Waals surface area contributed by atoms with Gasteiger partial charge in [0.05, 0.1) is 10.1 Å². The fourth-order valence-corrected chi connectivity index (χ4v) is 5.09. The van der Waals surface area contributed by atoms with Crippen LogP contribution in [0.4, 0.5) is 0 Å². The van der Waals surface area contributed by atoms with E-state index < -0.39 is 0 Å². The second-order valence-electron chi connectivity index (χ2n) is 9.41. The summed E-state index contributed by atoms with van der Waals surface area (Å²) >= 11 is 4.94. The number of aromatic hydroxyl groups is 1. The molecule has 3 atom stereocenters. The zero-order chi connectivity index (χ0) is 21.6. The fourth-order valence-electron chi connectivity index (χ4n) is 4.14. The van der Waals surface area contributed by atoms with Gasteiger partial charge in [-0.25, -0.2) is 0 Å². The number of aliphatic imine (C=N–C) groups is 1. The van der Waals surface area contributed by atoms with Crippen LogP contribution < -0.4 is 0 Å². The smallest absolute Gasteiger partial charge is 0.128 e. The number of halogens is 2. The molecule has 1 aromatic rings. The third-order valence-electron chi connectivity index (χ3n) is 6.04. The SMILES string of the molecule is CC(I)N(C)C1CCCCC1N=Cc1cc(CCCCI)cc(C(C)(C)C)c1O. The second kappa shape index (κ2) is 11.7. The number of alkyl halides is 2. The molecule has 164 valence electrons. The molecule has 1 fully saturated rings. The lowest BCUT2D eigenvalue weighted by atomic mass is 9.83. The zero-order valence-corrected chi connectivity index (χ0v) is 23.0. The number of likely N-dealkylation sites (N-methyl/N-ethyl adjacent to an activating group) is 1. The number of unbranched alkanes of at least 4 members (excludes halogenated alkanes) is 1. The summed E-state index contributed by atoms with van der Waals surface area (Å²) in [5.74, 6) is 0.405. The van der Waals surface area contributed by atoms with Crippen LogP contribution >= 0.6 is 45.2 Å². The maximum Gasteiger partial charge on any atom is 0.128 e. The standard InChI is InChI=1S/C24H38I2N2O/c1-17(26)28(5)22-12-7-6-11-21(22)27-16-19-14-18(10-8-9-13-25)15-20(23(19)29)24(2,3)4/h14-17,21-22,29H,6-13H2,1-5H3. The number of hydrogen-bond donors (Lipinski definition) is 1. The molecule has 0 amide bonds. The summed E-state index contributed by atoms with van der Waals surface area (Å²) in [7, 11) is 2.22. The van der Waals surface area contributed by atoms with E-state index in [1.54, 1.807) is 0 Å². The average Bonchev–Trinajstić information content (AvgIpc) is 2.66. The highest BCUT2D eigenvalue weighted by atomic mass is 127. The van der Waals surface area contributed by atoms with Crippen molar-refractivity contribution < 1.29 is 5.11 Å². The molecule has 0 spiro atoms. The third kappa shape index (κ3) is 7.34. The van der Waals surface area contributed by atoms with Gasteiger partial charge in [-0.2, -0.15) is 0 Å². The molecule has 2 rings (SSSR count). The lowest BCUT2D eigenvalue weighted by molar-refractivity contribution is 0.171. The van der Waals surface area contributed by atoms with Crippen LogP contribution in [0.15, 0.2) is 17.1 Å². The Balaban J connectivity index is 2.32. The first-order valence-corrected chi connectivity index (χ1v) is 13.7. The van der Waals surface area contributed by atoms with Gasteiger partial charge in [-0.3, -0.25) is 9.89 Å². The number of benzene rings is 1. The van der Waals surface area contributed by atoms with E-state index in [1.807, 2.05) is 6.21 Å². The normalized spacial score (nSPS) is 21.8. The van der Waals surface area contributed by atoms with Crippen molar-refractivity contribution in [1.29, 1.82) is 0 Å². The lowest BCUT2D eigenvalue weighted by Gasteiger charge is -2.37. The number of phenols is 1. The molecule has 3 nitrogen and oxygen atoms in total. The van der Waals surface area contributed by atoms with Crippen molar-refractivity contribution in [1.82, 2.24) is 4.90 Å². The van der Waals surface area contributed by atoms with E-state index in [4.69, 9.17) is 4.99 Å². The van der Waals surface area contributed by atoms with Gasteiger partial charge in [0.2, 0.25) is 0 Å². The Morgan fingerprint density at radius 3 is 2.55 bits per heavy atom. The number of hydrogen-bond acceptors (Lipinski definition) is 3. The second-order valence-corrected chi connectivity index (χ2v) is 12.3. The van der Waals surface area contributed by atoms with Crippen LogP contribution in [0.2, 0.25) is 0 Å². The van der Waals surface area contributed by atoms with Gasteiger partial charge in [0.15, 0.2) is 0 Å². The van der Waals surface area contributed by atoms with Crippen LogP contribution in [0.25, 0.3) is 0 Å². The van der Waals surface area contributed by atoms with E-state index in [1.165, 1.54) is 42.1 Å². The Morgan fingerprint density at radius 1 is 1.24 bits per heavy atom. The summed E-state index contributed by atoms with van der Waals surface area (Å²) in [6.07, 6.45) is 10.3. The first kappa shape index (κ1) is 25.4. The van der Waals surface area contributed by atoms with E-state index in [0.717, 1.165) is 24.0 Å². The van der Waals surface area contributed by atoms with Gasteiger partial charge >= 0.3 is 0 Å². The molecule has 1 aliphatic rings. The van der Waals surface area contributed by atoms with Crippen LogP contribution in [0.1, 0.15) is 82.9 Å². The summed E-state index contributed by atoms with van der Waals surface area (Å²) in [6, 6.07) is 5.16. The van der Waals surface area contributed by atoms with E-state index in [0.29, 0.717) is 21.9 Å². The minimum Gasteiger partial charge on any atom is -0.507 e. The van der Waals surface area contributed by atoms with E-state index in [9.17, 15) is 5.11 Å². The molecule has 29 heavy (non-hydrogen) atoms. The Bertz CT molecular complexity index is 682. The van der Waals surface area contributed by atoms with Crippen LogP contribution in [0.3, 0.4) is 0 Å². The molecule has 0 aromatic heterocycles. The van der Waals surface area contributed by atoms with Crippen LogP contribution in [-0.2, 0) is 11.8 Å². The Morgan fingerprint density at radius 2 is 1.93 bits per heavy atom. The molecule has 1 N–H and O–H groups in total. The van der Waals surface area contributed by atoms with E-state index >= 15 is 0 Å². The molecular weight excluding hydrogens is 586 g/mol.